The predicted octanol–water partition coefficient (Wildman–Crippen LogP) is 4.96. The molecule has 1 aromatic carbocycles. The van der Waals surface area contributed by atoms with Gasteiger partial charge in [-0.3, -0.25) is 4.98 Å². The normalized spacial score (nSPS) is 14.2. The lowest BCUT2D eigenvalue weighted by Crippen LogP contribution is -2.06. The van der Waals surface area contributed by atoms with Crippen molar-refractivity contribution in [2.24, 2.45) is 0 Å². The molecular weight excluding hydrogens is 272 g/mol. The molecule has 0 spiro atoms. The number of nitrogens with zero attached hydrogens (tertiary/aromatic N) is 1. The van der Waals surface area contributed by atoms with E-state index in [2.05, 4.69) is 4.98 Å². The highest BCUT2D eigenvalue weighted by Crippen LogP contribution is 2.37. The second-order valence-corrected chi connectivity index (χ2v) is 5.02. The lowest BCUT2D eigenvalue weighted by atomic mass is 9.96. The van der Waals surface area contributed by atoms with Crippen LogP contribution in [0.25, 0.3) is 0 Å². The van der Waals surface area contributed by atoms with E-state index in [4.69, 9.17) is 23.2 Å². The van der Waals surface area contributed by atoms with Gasteiger partial charge < -0.3 is 0 Å². The largest absolute Gasteiger partial charge is 0.261 e. The summed E-state index contributed by atoms with van der Waals surface area (Å²) in [6.45, 7) is 1.92. The maximum absolute atomic E-state index is 13.7. The third kappa shape index (κ3) is 2.82. The molecule has 4 heteroatoms. The van der Waals surface area contributed by atoms with Crippen LogP contribution in [0.1, 0.15) is 29.5 Å². The van der Waals surface area contributed by atoms with Crippen LogP contribution in [0.15, 0.2) is 42.6 Å². The van der Waals surface area contributed by atoms with E-state index < -0.39 is 5.38 Å². The molecule has 0 saturated heterocycles. The molecule has 1 aromatic heterocycles. The van der Waals surface area contributed by atoms with E-state index in [1.807, 2.05) is 25.1 Å². The summed E-state index contributed by atoms with van der Waals surface area (Å²) in [5.74, 6) is -0.442. The van der Waals surface area contributed by atoms with Crippen molar-refractivity contribution in [1.29, 1.82) is 0 Å². The summed E-state index contributed by atoms with van der Waals surface area (Å²) in [5, 5.41) is -0.0242. The van der Waals surface area contributed by atoms with E-state index in [1.165, 1.54) is 12.1 Å². The Morgan fingerprint density at radius 3 is 2.67 bits per heavy atom. The number of benzene rings is 1. The van der Waals surface area contributed by atoms with E-state index in [9.17, 15) is 4.39 Å². The summed E-state index contributed by atoms with van der Waals surface area (Å²) < 4.78 is 13.7. The van der Waals surface area contributed by atoms with Crippen molar-refractivity contribution in [3.63, 3.8) is 0 Å². The van der Waals surface area contributed by atoms with Gasteiger partial charge in [0.05, 0.1) is 5.38 Å². The molecule has 2 rings (SSSR count). The van der Waals surface area contributed by atoms with E-state index in [0.717, 1.165) is 5.69 Å². The number of pyridine rings is 1. The highest BCUT2D eigenvalue weighted by atomic mass is 35.5. The molecule has 0 fully saturated rings. The quantitative estimate of drug-likeness (QED) is 0.726. The van der Waals surface area contributed by atoms with E-state index in [-0.39, 0.29) is 11.7 Å². The van der Waals surface area contributed by atoms with Crippen LogP contribution >= 0.6 is 23.2 Å². The summed E-state index contributed by atoms with van der Waals surface area (Å²) in [7, 11) is 0. The highest BCUT2D eigenvalue weighted by molar-refractivity contribution is 6.30. The minimum Gasteiger partial charge on any atom is -0.261 e. The lowest BCUT2D eigenvalue weighted by molar-refractivity contribution is 0.589. The van der Waals surface area contributed by atoms with Crippen LogP contribution in [-0.2, 0) is 0 Å². The van der Waals surface area contributed by atoms with Gasteiger partial charge >= 0.3 is 0 Å². The van der Waals surface area contributed by atoms with Gasteiger partial charge in [-0.1, -0.05) is 24.6 Å². The van der Waals surface area contributed by atoms with Crippen molar-refractivity contribution in [1.82, 2.24) is 4.98 Å². The molecule has 0 N–H and O–H groups in total. The molecule has 2 atom stereocenters. The zero-order chi connectivity index (χ0) is 13.1. The fourth-order valence-electron chi connectivity index (χ4n) is 1.79. The van der Waals surface area contributed by atoms with Crippen LogP contribution in [0.3, 0.4) is 0 Å². The highest BCUT2D eigenvalue weighted by Gasteiger charge is 2.22. The van der Waals surface area contributed by atoms with Crippen LogP contribution < -0.4 is 0 Å². The predicted molar refractivity (Wildman–Crippen MR) is 72.7 cm³/mol. The van der Waals surface area contributed by atoms with E-state index >= 15 is 0 Å². The van der Waals surface area contributed by atoms with Crippen molar-refractivity contribution < 1.29 is 4.39 Å². The van der Waals surface area contributed by atoms with Gasteiger partial charge in [-0.2, -0.15) is 0 Å². The third-order valence-corrected chi connectivity index (χ3v) is 3.70. The molecular formula is C14H12Cl2FN. The summed E-state index contributed by atoms with van der Waals surface area (Å²) >= 11 is 12.2. The van der Waals surface area contributed by atoms with Crippen molar-refractivity contribution in [2.75, 3.05) is 0 Å². The first kappa shape index (κ1) is 13.3. The second-order valence-electron chi connectivity index (χ2n) is 4.11. The van der Waals surface area contributed by atoms with Gasteiger partial charge in [0.2, 0.25) is 0 Å². The van der Waals surface area contributed by atoms with Gasteiger partial charge in [-0.05, 0) is 30.3 Å². The molecule has 0 aliphatic rings. The zero-order valence-corrected chi connectivity index (χ0v) is 11.3. The van der Waals surface area contributed by atoms with Crippen LogP contribution in [0, 0.1) is 5.82 Å². The average molecular weight is 284 g/mol. The van der Waals surface area contributed by atoms with E-state index in [1.54, 1.807) is 12.3 Å². The molecule has 0 aliphatic heterocycles. The van der Waals surface area contributed by atoms with Crippen molar-refractivity contribution in [3.8, 4) is 0 Å². The molecule has 18 heavy (non-hydrogen) atoms. The van der Waals surface area contributed by atoms with Crippen LogP contribution in [0.5, 0.6) is 0 Å². The molecule has 2 aromatic rings. The number of rotatable bonds is 3. The molecule has 1 heterocycles. The molecule has 0 bridgehead atoms. The van der Waals surface area contributed by atoms with Gasteiger partial charge in [-0.25, -0.2) is 4.39 Å². The molecule has 2 unspecified atom stereocenters. The summed E-state index contributed by atoms with van der Waals surface area (Å²) in [4.78, 5) is 4.24. The van der Waals surface area contributed by atoms with Gasteiger partial charge in [0.15, 0.2) is 0 Å². The first-order valence-electron chi connectivity index (χ1n) is 5.59. The maximum atomic E-state index is 13.7. The molecule has 94 valence electrons. The second kappa shape index (κ2) is 5.68. The smallest absolute Gasteiger partial charge is 0.128 e. The van der Waals surface area contributed by atoms with Gasteiger partial charge in [0, 0.05) is 28.4 Å². The Hall–Kier alpha value is -1.12. The van der Waals surface area contributed by atoms with Gasteiger partial charge in [-0.15, -0.1) is 11.6 Å². The van der Waals surface area contributed by atoms with E-state index in [0.29, 0.717) is 10.6 Å². The molecule has 1 nitrogen and oxygen atoms in total. The minimum absolute atomic E-state index is 0.0965. The summed E-state index contributed by atoms with van der Waals surface area (Å²) in [6, 6.07) is 10.0. The fraction of sp³-hybridized carbons (Fsp3) is 0.214. The van der Waals surface area contributed by atoms with Crippen LogP contribution in [-0.4, -0.2) is 4.98 Å². The van der Waals surface area contributed by atoms with Crippen molar-refractivity contribution in [2.45, 2.75) is 18.2 Å². The molecule has 0 amide bonds. The fourth-order valence-corrected chi connectivity index (χ4v) is 2.27. The Morgan fingerprint density at radius 1 is 1.22 bits per heavy atom. The summed E-state index contributed by atoms with van der Waals surface area (Å²) in [5.41, 5.74) is 1.24. The molecule has 0 saturated carbocycles. The topological polar surface area (TPSA) is 12.9 Å². The zero-order valence-electron chi connectivity index (χ0n) is 9.78. The Morgan fingerprint density at radius 2 is 2.00 bits per heavy atom. The number of hydrogen-bond acceptors (Lipinski definition) is 1. The number of hydrogen-bond donors (Lipinski definition) is 0. The maximum Gasteiger partial charge on any atom is 0.128 e. The van der Waals surface area contributed by atoms with Gasteiger partial charge in [0.1, 0.15) is 5.82 Å². The third-order valence-electron chi connectivity index (χ3n) is 2.85. The number of alkyl halides is 1. The number of aromatic nitrogens is 1. The van der Waals surface area contributed by atoms with Gasteiger partial charge in [0.25, 0.3) is 0 Å². The van der Waals surface area contributed by atoms with Crippen LogP contribution in [0.4, 0.5) is 4.39 Å². The average Bonchev–Trinajstić information content (AvgIpc) is 2.41. The molecule has 0 radical (unpaired) electrons. The Bertz CT molecular complexity index is 531. The molecule has 0 aliphatic carbocycles. The van der Waals surface area contributed by atoms with Crippen molar-refractivity contribution >= 4 is 23.2 Å². The first-order chi connectivity index (χ1) is 8.59. The Balaban J connectivity index is 2.31. The summed E-state index contributed by atoms with van der Waals surface area (Å²) in [6.07, 6.45) is 1.70. The minimum atomic E-state index is -0.501. The van der Waals surface area contributed by atoms with Crippen LogP contribution in [0.2, 0.25) is 5.02 Å². The monoisotopic (exact) mass is 283 g/mol. The number of halogens is 3. The lowest BCUT2D eigenvalue weighted by Gasteiger charge is -2.18. The Labute approximate surface area is 116 Å². The first-order valence-corrected chi connectivity index (χ1v) is 6.41. The standard InChI is InChI=1S/C14H12Cl2FN/c1-9(13-4-2-3-7-18-13)14(16)11-8-10(15)5-6-12(11)17/h2-9,14H,1H3. The Kier molecular flexibility index (Phi) is 4.20. The van der Waals surface area contributed by atoms with Crippen molar-refractivity contribution in [3.05, 3.63) is 64.7 Å². The SMILES string of the molecule is CC(c1ccccn1)C(Cl)c1cc(Cl)ccc1F.